The number of nitrogens with two attached hydrogens (primary N) is 1. The highest BCUT2D eigenvalue weighted by molar-refractivity contribution is 6.00. The summed E-state index contributed by atoms with van der Waals surface area (Å²) in [7, 11) is 0. The molecule has 0 saturated heterocycles. The largest absolute Gasteiger partial charge is 0.448 e. The molecular formula is C17H14N2O4. The maximum atomic E-state index is 12.3. The zero-order valence-electron chi connectivity index (χ0n) is 12.1. The number of carbonyl (C=O) groups excluding carboxylic acids is 3. The van der Waals surface area contributed by atoms with Gasteiger partial charge in [-0.2, -0.15) is 0 Å². The molecule has 2 amide bonds. The van der Waals surface area contributed by atoms with Crippen LogP contribution in [0.5, 0.6) is 0 Å². The van der Waals surface area contributed by atoms with E-state index in [-0.39, 0.29) is 0 Å². The Labute approximate surface area is 132 Å². The van der Waals surface area contributed by atoms with Crippen molar-refractivity contribution in [1.82, 2.24) is 0 Å². The van der Waals surface area contributed by atoms with Crippen LogP contribution in [-0.2, 0) is 16.0 Å². The topological polar surface area (TPSA) is 98.5 Å². The molecule has 6 nitrogen and oxygen atoms in total. The van der Waals surface area contributed by atoms with Crippen molar-refractivity contribution in [2.75, 3.05) is 5.32 Å². The minimum absolute atomic E-state index is 0.327. The molecule has 0 fully saturated rings. The second kappa shape index (κ2) is 5.92. The Hall–Kier alpha value is -3.15. The molecule has 1 heterocycles. The van der Waals surface area contributed by atoms with Gasteiger partial charge in [0.25, 0.3) is 5.91 Å². The molecule has 0 spiro atoms. The Morgan fingerprint density at radius 3 is 2.48 bits per heavy atom. The summed E-state index contributed by atoms with van der Waals surface area (Å²) in [5, 5.41) is 2.66. The van der Waals surface area contributed by atoms with E-state index in [4.69, 9.17) is 10.5 Å². The van der Waals surface area contributed by atoms with Gasteiger partial charge in [-0.15, -0.1) is 0 Å². The van der Waals surface area contributed by atoms with Crippen molar-refractivity contribution >= 4 is 23.5 Å². The van der Waals surface area contributed by atoms with Gasteiger partial charge in [0.15, 0.2) is 6.10 Å². The quantitative estimate of drug-likeness (QED) is 0.839. The Bertz CT molecular complexity index is 783. The smallest absolute Gasteiger partial charge is 0.339 e. The number of ether oxygens (including phenoxy) is 1. The molecule has 1 atom stereocenters. The first-order valence-electron chi connectivity index (χ1n) is 7.04. The van der Waals surface area contributed by atoms with Crippen LogP contribution >= 0.6 is 0 Å². The number of anilines is 1. The van der Waals surface area contributed by atoms with Crippen LogP contribution in [-0.4, -0.2) is 23.9 Å². The van der Waals surface area contributed by atoms with Gasteiger partial charge in [0.2, 0.25) is 5.91 Å². The Kier molecular flexibility index (Phi) is 3.80. The lowest BCUT2D eigenvalue weighted by molar-refractivity contribution is -0.125. The lowest BCUT2D eigenvalue weighted by Crippen LogP contribution is -2.37. The molecule has 1 unspecified atom stereocenters. The molecule has 3 rings (SSSR count). The zero-order valence-corrected chi connectivity index (χ0v) is 12.1. The molecule has 116 valence electrons. The van der Waals surface area contributed by atoms with Gasteiger partial charge in [-0.3, -0.25) is 9.59 Å². The Morgan fingerprint density at radius 1 is 1.09 bits per heavy atom. The summed E-state index contributed by atoms with van der Waals surface area (Å²) in [6.07, 6.45) is -0.555. The van der Waals surface area contributed by atoms with E-state index < -0.39 is 23.9 Å². The molecular weight excluding hydrogens is 296 g/mol. The van der Waals surface area contributed by atoms with Gasteiger partial charge in [0.05, 0.1) is 5.56 Å². The average molecular weight is 310 g/mol. The first-order chi connectivity index (χ1) is 11.0. The van der Waals surface area contributed by atoms with Gasteiger partial charge in [-0.25, -0.2) is 4.79 Å². The standard InChI is InChI=1S/C17H14N2O4/c18-15(20)10-5-7-12(8-6-10)19-16(21)14-9-11-3-1-2-4-13(11)17(22)23-14/h1-8,14H,9H2,(H2,18,20)(H,19,21). The monoisotopic (exact) mass is 310 g/mol. The summed E-state index contributed by atoms with van der Waals surface area (Å²) in [5.74, 6) is -1.46. The van der Waals surface area contributed by atoms with E-state index in [0.29, 0.717) is 23.2 Å². The van der Waals surface area contributed by atoms with Crippen molar-refractivity contribution in [2.45, 2.75) is 12.5 Å². The molecule has 1 aliphatic heterocycles. The summed E-state index contributed by atoms with van der Waals surface area (Å²) >= 11 is 0. The molecule has 0 aromatic heterocycles. The molecule has 0 bridgehead atoms. The van der Waals surface area contributed by atoms with E-state index in [0.717, 1.165) is 5.56 Å². The lowest BCUT2D eigenvalue weighted by Gasteiger charge is -2.23. The highest BCUT2D eigenvalue weighted by atomic mass is 16.5. The minimum atomic E-state index is -0.881. The van der Waals surface area contributed by atoms with Crippen LogP contribution in [0.15, 0.2) is 48.5 Å². The summed E-state index contributed by atoms with van der Waals surface area (Å²) in [6, 6.07) is 13.2. The van der Waals surface area contributed by atoms with Crippen LogP contribution in [0.3, 0.4) is 0 Å². The maximum Gasteiger partial charge on any atom is 0.339 e. The number of rotatable bonds is 3. The first kappa shape index (κ1) is 14.8. The third-order valence-corrected chi connectivity index (χ3v) is 3.62. The van der Waals surface area contributed by atoms with Gasteiger partial charge < -0.3 is 15.8 Å². The van der Waals surface area contributed by atoms with Crippen LogP contribution in [0.1, 0.15) is 26.3 Å². The average Bonchev–Trinajstić information content (AvgIpc) is 2.55. The number of esters is 1. The molecule has 0 aliphatic carbocycles. The summed E-state index contributed by atoms with van der Waals surface area (Å²) in [5.41, 5.74) is 7.28. The molecule has 2 aromatic rings. The van der Waals surface area contributed by atoms with Crippen LogP contribution in [0, 0.1) is 0 Å². The molecule has 1 aliphatic rings. The van der Waals surface area contributed by atoms with Crippen molar-refractivity contribution in [3.05, 3.63) is 65.2 Å². The molecule has 0 saturated carbocycles. The van der Waals surface area contributed by atoms with Crippen LogP contribution in [0.2, 0.25) is 0 Å². The lowest BCUT2D eigenvalue weighted by atomic mass is 9.98. The molecule has 23 heavy (non-hydrogen) atoms. The molecule has 0 radical (unpaired) electrons. The molecule has 2 aromatic carbocycles. The van der Waals surface area contributed by atoms with Crippen LogP contribution < -0.4 is 11.1 Å². The van der Waals surface area contributed by atoms with Gasteiger partial charge in [-0.05, 0) is 35.9 Å². The fourth-order valence-corrected chi connectivity index (χ4v) is 2.42. The van der Waals surface area contributed by atoms with Gasteiger partial charge in [0.1, 0.15) is 0 Å². The summed E-state index contributed by atoms with van der Waals surface area (Å²) < 4.78 is 5.18. The third-order valence-electron chi connectivity index (χ3n) is 3.62. The second-order valence-corrected chi connectivity index (χ2v) is 5.19. The normalized spacial score (nSPS) is 16.2. The maximum absolute atomic E-state index is 12.3. The number of primary amides is 1. The van der Waals surface area contributed by atoms with Crippen molar-refractivity contribution in [2.24, 2.45) is 5.73 Å². The number of hydrogen-bond donors (Lipinski definition) is 2. The number of benzene rings is 2. The van der Waals surface area contributed by atoms with Gasteiger partial charge in [0, 0.05) is 17.7 Å². The second-order valence-electron chi connectivity index (χ2n) is 5.19. The SMILES string of the molecule is NC(=O)c1ccc(NC(=O)C2Cc3ccccc3C(=O)O2)cc1. The predicted molar refractivity (Wildman–Crippen MR) is 82.9 cm³/mol. The highest BCUT2D eigenvalue weighted by Gasteiger charge is 2.31. The van der Waals surface area contributed by atoms with E-state index in [1.54, 1.807) is 30.3 Å². The Morgan fingerprint density at radius 2 is 1.78 bits per heavy atom. The van der Waals surface area contributed by atoms with Gasteiger partial charge in [-0.1, -0.05) is 18.2 Å². The first-order valence-corrected chi connectivity index (χ1v) is 7.04. The van der Waals surface area contributed by atoms with E-state index in [1.165, 1.54) is 12.1 Å². The molecule has 3 N–H and O–H groups in total. The summed E-state index contributed by atoms with van der Waals surface area (Å²) in [6.45, 7) is 0. The number of amides is 2. The van der Waals surface area contributed by atoms with Crippen LogP contribution in [0.4, 0.5) is 5.69 Å². The zero-order chi connectivity index (χ0) is 16.4. The fourth-order valence-electron chi connectivity index (χ4n) is 2.42. The van der Waals surface area contributed by atoms with Crippen molar-refractivity contribution in [1.29, 1.82) is 0 Å². The number of fused-ring (bicyclic) bond motifs is 1. The van der Waals surface area contributed by atoms with E-state index in [2.05, 4.69) is 5.32 Å². The van der Waals surface area contributed by atoms with E-state index in [1.807, 2.05) is 6.07 Å². The number of nitrogens with one attached hydrogen (secondary N) is 1. The van der Waals surface area contributed by atoms with Crippen LogP contribution in [0.25, 0.3) is 0 Å². The van der Waals surface area contributed by atoms with Crippen molar-refractivity contribution < 1.29 is 19.1 Å². The highest BCUT2D eigenvalue weighted by Crippen LogP contribution is 2.21. The van der Waals surface area contributed by atoms with Crippen molar-refractivity contribution in [3.8, 4) is 0 Å². The molecule has 6 heteroatoms. The Balaban J connectivity index is 1.72. The predicted octanol–water partition coefficient (Wildman–Crippen LogP) is 1.51. The number of cyclic esters (lactones) is 1. The fraction of sp³-hybridized carbons (Fsp3) is 0.118. The van der Waals surface area contributed by atoms with E-state index >= 15 is 0 Å². The number of hydrogen-bond acceptors (Lipinski definition) is 4. The summed E-state index contributed by atoms with van der Waals surface area (Å²) in [4.78, 5) is 35.2. The minimum Gasteiger partial charge on any atom is -0.448 e. The van der Waals surface area contributed by atoms with Crippen molar-refractivity contribution in [3.63, 3.8) is 0 Å². The third kappa shape index (κ3) is 3.06. The van der Waals surface area contributed by atoms with Gasteiger partial charge >= 0.3 is 5.97 Å². The van der Waals surface area contributed by atoms with E-state index in [9.17, 15) is 14.4 Å². The number of carbonyl (C=O) groups is 3.